The Labute approximate surface area is 101 Å². The number of allylic oxidation sites excluding steroid dienone is 2. The molecule has 4 heteroatoms. The molecule has 4 nitrogen and oxygen atoms in total. The van der Waals surface area contributed by atoms with Crippen LogP contribution in [0.5, 0.6) is 0 Å². The molecule has 0 radical (unpaired) electrons. The Morgan fingerprint density at radius 3 is 2.35 bits per heavy atom. The highest BCUT2D eigenvalue weighted by atomic mass is 16.5. The van der Waals surface area contributed by atoms with E-state index in [4.69, 9.17) is 4.74 Å². The summed E-state index contributed by atoms with van der Waals surface area (Å²) in [5.41, 5.74) is 0. The number of likely N-dealkylation sites (tertiary alicyclic amines) is 1. The fraction of sp³-hybridized carbons (Fsp3) is 0.692. The molecule has 0 saturated carbocycles. The van der Waals surface area contributed by atoms with Crippen LogP contribution in [0.3, 0.4) is 0 Å². The molecule has 0 spiro atoms. The number of nitrogens with zero attached hydrogens (tertiary/aromatic N) is 1. The second kappa shape index (κ2) is 4.26. The molecule has 0 unspecified atom stereocenters. The number of imide groups is 1. The molecule has 2 heterocycles. The monoisotopic (exact) mass is 235 g/mol. The second-order valence-corrected chi connectivity index (χ2v) is 5.08. The second-order valence-electron chi connectivity index (χ2n) is 5.08. The summed E-state index contributed by atoms with van der Waals surface area (Å²) in [6.45, 7) is 1.22. The number of hydrogen-bond acceptors (Lipinski definition) is 3. The van der Waals surface area contributed by atoms with E-state index in [9.17, 15) is 9.59 Å². The third kappa shape index (κ3) is 1.80. The van der Waals surface area contributed by atoms with Crippen LogP contribution < -0.4 is 0 Å². The zero-order chi connectivity index (χ0) is 11.8. The maximum Gasteiger partial charge on any atom is 0.233 e. The van der Waals surface area contributed by atoms with Crippen molar-refractivity contribution >= 4 is 11.8 Å². The van der Waals surface area contributed by atoms with Crippen LogP contribution in [0, 0.1) is 11.8 Å². The number of amides is 2. The summed E-state index contributed by atoms with van der Waals surface area (Å²) in [5, 5.41) is 0. The fourth-order valence-corrected chi connectivity index (χ4v) is 3.04. The van der Waals surface area contributed by atoms with E-state index < -0.39 is 0 Å². The number of hydrogen-bond donors (Lipinski definition) is 0. The quantitative estimate of drug-likeness (QED) is 0.532. The van der Waals surface area contributed by atoms with Crippen LogP contribution in [-0.2, 0) is 14.3 Å². The van der Waals surface area contributed by atoms with Gasteiger partial charge in [-0.05, 0) is 25.7 Å². The first-order chi connectivity index (χ1) is 8.27. The van der Waals surface area contributed by atoms with E-state index in [2.05, 4.69) is 0 Å². The average Bonchev–Trinajstić information content (AvgIpc) is 2.94. The van der Waals surface area contributed by atoms with Gasteiger partial charge >= 0.3 is 0 Å². The van der Waals surface area contributed by atoms with Gasteiger partial charge in [-0.2, -0.15) is 0 Å². The molecule has 2 saturated heterocycles. The first-order valence-electron chi connectivity index (χ1n) is 6.39. The van der Waals surface area contributed by atoms with Gasteiger partial charge in [-0.1, -0.05) is 12.2 Å². The molecule has 0 N–H and O–H groups in total. The Morgan fingerprint density at radius 1 is 1.18 bits per heavy atom. The highest BCUT2D eigenvalue weighted by Gasteiger charge is 2.47. The largest absolute Gasteiger partial charge is 0.376 e. The van der Waals surface area contributed by atoms with E-state index in [1.54, 1.807) is 0 Å². The van der Waals surface area contributed by atoms with Crippen molar-refractivity contribution in [3.05, 3.63) is 12.2 Å². The molecule has 2 fully saturated rings. The van der Waals surface area contributed by atoms with Crippen molar-refractivity contribution < 1.29 is 14.3 Å². The van der Waals surface area contributed by atoms with Gasteiger partial charge in [0.2, 0.25) is 11.8 Å². The molecular formula is C13H17NO3. The molecule has 1 aliphatic carbocycles. The Kier molecular flexibility index (Phi) is 2.74. The molecule has 3 atom stereocenters. The molecule has 3 rings (SSSR count). The predicted octanol–water partition coefficient (Wildman–Crippen LogP) is 1.12. The minimum atomic E-state index is -0.103. The lowest BCUT2D eigenvalue weighted by Crippen LogP contribution is -2.37. The van der Waals surface area contributed by atoms with E-state index in [1.165, 1.54) is 4.90 Å². The zero-order valence-corrected chi connectivity index (χ0v) is 9.80. The minimum Gasteiger partial charge on any atom is -0.376 e. The fourth-order valence-electron chi connectivity index (χ4n) is 3.04. The smallest absolute Gasteiger partial charge is 0.233 e. The maximum atomic E-state index is 12.2. The SMILES string of the molecule is O=C1[C@@H]2CC=CC[C@H]2C(=O)N1C[C@H]1CCCO1. The van der Waals surface area contributed by atoms with Gasteiger partial charge in [-0.3, -0.25) is 14.5 Å². The zero-order valence-electron chi connectivity index (χ0n) is 9.80. The highest BCUT2D eigenvalue weighted by molar-refractivity contribution is 6.05. The number of fused-ring (bicyclic) bond motifs is 1. The van der Waals surface area contributed by atoms with E-state index >= 15 is 0 Å². The Hall–Kier alpha value is -1.16. The topological polar surface area (TPSA) is 46.6 Å². The van der Waals surface area contributed by atoms with Gasteiger partial charge in [0.15, 0.2) is 0 Å². The summed E-state index contributed by atoms with van der Waals surface area (Å²) in [5.74, 6) is -0.178. The first kappa shape index (κ1) is 11.0. The Bertz CT molecular complexity index is 345. The van der Waals surface area contributed by atoms with Crippen molar-refractivity contribution in [3.8, 4) is 0 Å². The number of rotatable bonds is 2. The van der Waals surface area contributed by atoms with Crippen molar-refractivity contribution in [1.82, 2.24) is 4.90 Å². The van der Waals surface area contributed by atoms with Crippen molar-refractivity contribution in [2.75, 3.05) is 13.2 Å². The van der Waals surface area contributed by atoms with Crippen LogP contribution >= 0.6 is 0 Å². The summed E-state index contributed by atoms with van der Waals surface area (Å²) in [7, 11) is 0. The van der Waals surface area contributed by atoms with Gasteiger partial charge in [0.1, 0.15) is 0 Å². The van der Waals surface area contributed by atoms with Crippen LogP contribution in [0.1, 0.15) is 25.7 Å². The van der Waals surface area contributed by atoms with E-state index in [-0.39, 0.29) is 29.8 Å². The summed E-state index contributed by atoms with van der Waals surface area (Å²) in [4.78, 5) is 25.7. The lowest BCUT2D eigenvalue weighted by atomic mass is 9.85. The first-order valence-corrected chi connectivity index (χ1v) is 6.39. The standard InChI is InChI=1S/C13H17NO3/c15-12-10-5-1-2-6-11(10)13(16)14(12)8-9-4-3-7-17-9/h1-2,9-11H,3-8H2/t9-,10-,11-/m1/s1. The Morgan fingerprint density at radius 2 is 1.82 bits per heavy atom. The van der Waals surface area contributed by atoms with E-state index in [1.807, 2.05) is 12.2 Å². The van der Waals surface area contributed by atoms with Gasteiger partial charge in [0.05, 0.1) is 24.5 Å². The van der Waals surface area contributed by atoms with Crippen molar-refractivity contribution in [2.45, 2.75) is 31.8 Å². The van der Waals surface area contributed by atoms with E-state index in [0.29, 0.717) is 6.54 Å². The number of ether oxygens (including phenoxy) is 1. The van der Waals surface area contributed by atoms with Crippen LogP contribution in [0.4, 0.5) is 0 Å². The van der Waals surface area contributed by atoms with Crippen LogP contribution in [0.15, 0.2) is 12.2 Å². The molecule has 0 aromatic rings. The van der Waals surface area contributed by atoms with Crippen LogP contribution in [0.2, 0.25) is 0 Å². The summed E-state index contributed by atoms with van der Waals surface area (Å²) < 4.78 is 5.50. The molecule has 3 aliphatic rings. The minimum absolute atomic E-state index is 0.0138. The van der Waals surface area contributed by atoms with Gasteiger partial charge in [0.25, 0.3) is 0 Å². The van der Waals surface area contributed by atoms with Gasteiger partial charge in [0, 0.05) is 6.61 Å². The summed E-state index contributed by atoms with van der Waals surface area (Å²) in [6, 6.07) is 0. The molecule has 0 bridgehead atoms. The van der Waals surface area contributed by atoms with Gasteiger partial charge in [-0.15, -0.1) is 0 Å². The molecule has 0 aromatic carbocycles. The molecule has 2 aliphatic heterocycles. The molecule has 2 amide bonds. The number of carbonyl (C=O) groups is 2. The average molecular weight is 235 g/mol. The van der Waals surface area contributed by atoms with Crippen molar-refractivity contribution in [2.24, 2.45) is 11.8 Å². The van der Waals surface area contributed by atoms with Crippen molar-refractivity contribution in [1.29, 1.82) is 0 Å². The molecule has 0 aromatic heterocycles. The maximum absolute atomic E-state index is 12.2. The summed E-state index contributed by atoms with van der Waals surface area (Å²) >= 11 is 0. The normalized spacial score (nSPS) is 36.7. The van der Waals surface area contributed by atoms with Gasteiger partial charge in [-0.25, -0.2) is 0 Å². The number of carbonyl (C=O) groups excluding carboxylic acids is 2. The Balaban J connectivity index is 1.73. The molecule has 92 valence electrons. The predicted molar refractivity (Wildman–Crippen MR) is 61.0 cm³/mol. The lowest BCUT2D eigenvalue weighted by Gasteiger charge is -2.18. The highest BCUT2D eigenvalue weighted by Crippen LogP contribution is 2.35. The third-order valence-electron chi connectivity index (χ3n) is 4.01. The lowest BCUT2D eigenvalue weighted by molar-refractivity contribution is -0.141. The van der Waals surface area contributed by atoms with Crippen molar-refractivity contribution in [3.63, 3.8) is 0 Å². The third-order valence-corrected chi connectivity index (χ3v) is 4.01. The molecular weight excluding hydrogens is 218 g/mol. The van der Waals surface area contributed by atoms with E-state index in [0.717, 1.165) is 32.3 Å². The molecule has 17 heavy (non-hydrogen) atoms. The summed E-state index contributed by atoms with van der Waals surface area (Å²) in [6.07, 6.45) is 7.54. The van der Waals surface area contributed by atoms with Crippen LogP contribution in [-0.4, -0.2) is 36.0 Å². The van der Waals surface area contributed by atoms with Crippen LogP contribution in [0.25, 0.3) is 0 Å². The van der Waals surface area contributed by atoms with Gasteiger partial charge < -0.3 is 4.74 Å².